The molecule has 6 heteroatoms. The first-order valence-electron chi connectivity index (χ1n) is 6.12. The summed E-state index contributed by atoms with van der Waals surface area (Å²) in [7, 11) is 0. The Labute approximate surface area is 114 Å². The summed E-state index contributed by atoms with van der Waals surface area (Å²) in [6.45, 7) is 2.51. The Morgan fingerprint density at radius 2 is 2.20 bits per heavy atom. The fraction of sp³-hybridized carbons (Fsp3) is 0.143. The van der Waals surface area contributed by atoms with Crippen molar-refractivity contribution in [2.45, 2.75) is 13.5 Å². The molecule has 3 aromatic rings. The van der Waals surface area contributed by atoms with E-state index in [0.717, 1.165) is 11.1 Å². The molecule has 0 spiro atoms. The highest BCUT2D eigenvalue weighted by Gasteiger charge is 2.14. The first kappa shape index (κ1) is 12.3. The van der Waals surface area contributed by atoms with E-state index in [-0.39, 0.29) is 5.56 Å². The van der Waals surface area contributed by atoms with Crippen molar-refractivity contribution in [2.24, 2.45) is 0 Å². The van der Waals surface area contributed by atoms with Crippen molar-refractivity contribution in [1.29, 1.82) is 0 Å². The number of carboxylic acid groups (broad SMARTS) is 1. The van der Waals surface area contributed by atoms with Crippen LogP contribution in [0.3, 0.4) is 0 Å². The number of pyridine rings is 1. The molecule has 0 saturated carbocycles. The van der Waals surface area contributed by atoms with Crippen LogP contribution in [0.1, 0.15) is 21.5 Å². The third kappa shape index (κ3) is 2.01. The quantitative estimate of drug-likeness (QED) is 0.784. The lowest BCUT2D eigenvalue weighted by atomic mass is 10.1. The number of aromatic carboxylic acids is 1. The predicted molar refractivity (Wildman–Crippen MR) is 72.6 cm³/mol. The van der Waals surface area contributed by atoms with Gasteiger partial charge in [-0.15, -0.1) is 5.10 Å². The van der Waals surface area contributed by atoms with Gasteiger partial charge in [-0.25, -0.2) is 9.48 Å². The van der Waals surface area contributed by atoms with Crippen LogP contribution in [-0.2, 0) is 6.54 Å². The van der Waals surface area contributed by atoms with E-state index in [0.29, 0.717) is 17.6 Å². The molecule has 0 radical (unpaired) electrons. The summed E-state index contributed by atoms with van der Waals surface area (Å²) in [6.07, 6.45) is 3.52. The monoisotopic (exact) mass is 268 g/mol. The third-order valence-corrected chi connectivity index (χ3v) is 3.24. The molecular formula is C14H12N4O2. The largest absolute Gasteiger partial charge is 0.478 e. The SMILES string of the molecule is Cc1ccncc1Cn1nnc2c(C(=O)O)cccc21. The fourth-order valence-electron chi connectivity index (χ4n) is 2.10. The van der Waals surface area contributed by atoms with Gasteiger partial charge >= 0.3 is 5.97 Å². The summed E-state index contributed by atoms with van der Waals surface area (Å²) in [4.78, 5) is 15.2. The fourth-order valence-corrected chi connectivity index (χ4v) is 2.10. The molecule has 100 valence electrons. The van der Waals surface area contributed by atoms with Crippen molar-refractivity contribution in [3.8, 4) is 0 Å². The second-order valence-electron chi connectivity index (χ2n) is 4.53. The number of carboxylic acids is 1. The molecule has 20 heavy (non-hydrogen) atoms. The Morgan fingerprint density at radius 3 is 2.95 bits per heavy atom. The van der Waals surface area contributed by atoms with Crippen molar-refractivity contribution in [3.05, 3.63) is 53.3 Å². The molecule has 3 rings (SSSR count). The van der Waals surface area contributed by atoms with E-state index in [2.05, 4.69) is 15.3 Å². The van der Waals surface area contributed by atoms with Crippen molar-refractivity contribution in [3.63, 3.8) is 0 Å². The van der Waals surface area contributed by atoms with Gasteiger partial charge in [0.2, 0.25) is 0 Å². The molecule has 1 aromatic carbocycles. The zero-order valence-electron chi connectivity index (χ0n) is 10.8. The van der Waals surface area contributed by atoms with E-state index in [1.807, 2.05) is 19.1 Å². The molecule has 0 saturated heterocycles. The molecule has 2 aromatic heterocycles. The lowest BCUT2D eigenvalue weighted by Gasteiger charge is -2.05. The smallest absolute Gasteiger partial charge is 0.338 e. The number of nitrogens with zero attached hydrogens (tertiary/aromatic N) is 4. The summed E-state index contributed by atoms with van der Waals surface area (Å²) >= 11 is 0. The second-order valence-corrected chi connectivity index (χ2v) is 4.53. The van der Waals surface area contributed by atoms with Crippen molar-refractivity contribution >= 4 is 17.0 Å². The van der Waals surface area contributed by atoms with E-state index in [4.69, 9.17) is 5.11 Å². The standard InChI is InChI=1S/C14H12N4O2/c1-9-5-6-15-7-10(9)8-18-12-4-2-3-11(14(19)20)13(12)16-17-18/h2-7H,8H2,1H3,(H,19,20). The molecule has 1 N–H and O–H groups in total. The number of carbonyl (C=O) groups is 1. The van der Waals surface area contributed by atoms with Gasteiger partial charge in [0.05, 0.1) is 17.6 Å². The van der Waals surface area contributed by atoms with Gasteiger partial charge in [0.1, 0.15) is 5.52 Å². The van der Waals surface area contributed by atoms with E-state index in [9.17, 15) is 4.79 Å². The number of fused-ring (bicyclic) bond motifs is 1. The molecule has 0 atom stereocenters. The maximum absolute atomic E-state index is 11.1. The first-order valence-corrected chi connectivity index (χ1v) is 6.12. The molecule has 2 heterocycles. The maximum Gasteiger partial charge on any atom is 0.338 e. The van der Waals surface area contributed by atoms with Crippen LogP contribution in [0.25, 0.3) is 11.0 Å². The molecular weight excluding hydrogens is 256 g/mol. The maximum atomic E-state index is 11.1. The molecule has 0 aliphatic rings. The van der Waals surface area contributed by atoms with E-state index >= 15 is 0 Å². The molecule has 6 nitrogen and oxygen atoms in total. The number of hydrogen-bond acceptors (Lipinski definition) is 4. The lowest BCUT2D eigenvalue weighted by molar-refractivity contribution is 0.0699. The van der Waals surface area contributed by atoms with Crippen LogP contribution in [0.15, 0.2) is 36.7 Å². The van der Waals surface area contributed by atoms with Gasteiger partial charge in [0.25, 0.3) is 0 Å². The zero-order valence-corrected chi connectivity index (χ0v) is 10.8. The summed E-state index contributed by atoms with van der Waals surface area (Å²) in [5, 5.41) is 17.2. The number of rotatable bonds is 3. The minimum Gasteiger partial charge on any atom is -0.478 e. The summed E-state index contributed by atoms with van der Waals surface area (Å²) in [6, 6.07) is 6.96. The highest BCUT2D eigenvalue weighted by Crippen LogP contribution is 2.17. The highest BCUT2D eigenvalue weighted by atomic mass is 16.4. The molecule has 0 amide bonds. The van der Waals surface area contributed by atoms with E-state index in [1.54, 1.807) is 23.1 Å². The Kier molecular flexibility index (Phi) is 2.90. The number of aryl methyl sites for hydroxylation is 1. The van der Waals surface area contributed by atoms with Crippen LogP contribution in [0.5, 0.6) is 0 Å². The molecule has 0 unspecified atom stereocenters. The molecule has 0 fully saturated rings. The number of benzene rings is 1. The van der Waals surface area contributed by atoms with Crippen LogP contribution in [0.2, 0.25) is 0 Å². The van der Waals surface area contributed by atoms with Gasteiger partial charge in [-0.05, 0) is 36.2 Å². The van der Waals surface area contributed by atoms with Gasteiger partial charge in [0, 0.05) is 12.4 Å². The highest BCUT2D eigenvalue weighted by molar-refractivity contribution is 6.00. The minimum absolute atomic E-state index is 0.164. The normalized spacial score (nSPS) is 10.8. The number of hydrogen-bond donors (Lipinski definition) is 1. The summed E-state index contributed by atoms with van der Waals surface area (Å²) in [5.74, 6) is -1.000. The number of aromatic nitrogens is 4. The van der Waals surface area contributed by atoms with E-state index < -0.39 is 5.97 Å². The average molecular weight is 268 g/mol. The van der Waals surface area contributed by atoms with Gasteiger partial charge < -0.3 is 5.11 Å². The Hall–Kier alpha value is -2.76. The van der Waals surface area contributed by atoms with Crippen LogP contribution in [-0.4, -0.2) is 31.1 Å². The topological polar surface area (TPSA) is 80.9 Å². The van der Waals surface area contributed by atoms with Crippen molar-refractivity contribution in [1.82, 2.24) is 20.0 Å². The van der Waals surface area contributed by atoms with Gasteiger partial charge in [-0.2, -0.15) is 0 Å². The van der Waals surface area contributed by atoms with Crippen molar-refractivity contribution in [2.75, 3.05) is 0 Å². The first-order chi connectivity index (χ1) is 9.66. The molecule has 0 bridgehead atoms. The third-order valence-electron chi connectivity index (χ3n) is 3.24. The molecule has 0 aliphatic carbocycles. The second kappa shape index (κ2) is 4.73. The van der Waals surface area contributed by atoms with Crippen LogP contribution >= 0.6 is 0 Å². The lowest BCUT2D eigenvalue weighted by Crippen LogP contribution is -2.04. The van der Waals surface area contributed by atoms with Gasteiger partial charge in [-0.1, -0.05) is 11.3 Å². The zero-order chi connectivity index (χ0) is 14.1. The van der Waals surface area contributed by atoms with Gasteiger partial charge in [-0.3, -0.25) is 4.98 Å². The predicted octanol–water partition coefficient (Wildman–Crippen LogP) is 1.88. The Morgan fingerprint density at radius 1 is 1.35 bits per heavy atom. The molecule has 0 aliphatic heterocycles. The Balaban J connectivity index is 2.08. The van der Waals surface area contributed by atoms with E-state index in [1.165, 1.54) is 6.07 Å². The average Bonchev–Trinajstić information content (AvgIpc) is 2.84. The van der Waals surface area contributed by atoms with Gasteiger partial charge in [0.15, 0.2) is 0 Å². The Bertz CT molecular complexity index is 795. The van der Waals surface area contributed by atoms with Crippen LogP contribution in [0, 0.1) is 6.92 Å². The van der Waals surface area contributed by atoms with Crippen LogP contribution in [0.4, 0.5) is 0 Å². The summed E-state index contributed by atoms with van der Waals surface area (Å²) < 4.78 is 1.69. The van der Waals surface area contributed by atoms with Crippen LogP contribution < -0.4 is 0 Å². The van der Waals surface area contributed by atoms with Crippen molar-refractivity contribution < 1.29 is 9.90 Å². The minimum atomic E-state index is -1.000. The summed E-state index contributed by atoms with van der Waals surface area (Å²) in [5.41, 5.74) is 3.41.